The van der Waals surface area contributed by atoms with Gasteiger partial charge in [0.15, 0.2) is 11.6 Å². The Bertz CT molecular complexity index is 2130. The molecule has 38 heavy (non-hydrogen) atoms. The van der Waals surface area contributed by atoms with Gasteiger partial charge in [0.25, 0.3) is 0 Å². The molecule has 5 nitrogen and oxygen atoms in total. The van der Waals surface area contributed by atoms with Gasteiger partial charge in [0, 0.05) is 43.9 Å². The summed E-state index contributed by atoms with van der Waals surface area (Å²) in [7, 11) is 0. The summed E-state index contributed by atoms with van der Waals surface area (Å²) in [6.07, 6.45) is 3.61. The van der Waals surface area contributed by atoms with Crippen molar-refractivity contribution in [3.8, 4) is 28.5 Å². The van der Waals surface area contributed by atoms with E-state index in [-0.39, 0.29) is 0 Å². The summed E-state index contributed by atoms with van der Waals surface area (Å²) in [4.78, 5) is 18.5. The van der Waals surface area contributed by atoms with Crippen LogP contribution in [-0.4, -0.2) is 24.5 Å². The molecule has 0 unspecified atom stereocenters. The van der Waals surface area contributed by atoms with Crippen LogP contribution in [0, 0.1) is 0 Å². The van der Waals surface area contributed by atoms with Crippen molar-refractivity contribution in [2.45, 2.75) is 0 Å². The van der Waals surface area contributed by atoms with Gasteiger partial charge >= 0.3 is 0 Å². The van der Waals surface area contributed by atoms with Gasteiger partial charge in [-0.3, -0.25) is 4.98 Å². The molecule has 0 aliphatic heterocycles. The Hall–Kier alpha value is -4.94. The van der Waals surface area contributed by atoms with E-state index in [2.05, 4.69) is 87.3 Å². The van der Waals surface area contributed by atoms with Crippen LogP contribution in [-0.2, 0) is 0 Å². The van der Waals surface area contributed by atoms with E-state index in [1.165, 1.54) is 20.2 Å². The molecule has 8 aromatic rings. The van der Waals surface area contributed by atoms with E-state index in [1.807, 2.05) is 47.9 Å². The van der Waals surface area contributed by atoms with E-state index >= 15 is 0 Å². The maximum Gasteiger partial charge on any atom is 0.163 e. The Morgan fingerprint density at radius 2 is 1.26 bits per heavy atom. The van der Waals surface area contributed by atoms with Gasteiger partial charge in [0.1, 0.15) is 6.33 Å². The van der Waals surface area contributed by atoms with Crippen molar-refractivity contribution in [1.29, 1.82) is 0 Å². The van der Waals surface area contributed by atoms with Crippen molar-refractivity contribution >= 4 is 53.4 Å². The van der Waals surface area contributed by atoms with Crippen LogP contribution < -0.4 is 0 Å². The van der Waals surface area contributed by atoms with Gasteiger partial charge < -0.3 is 4.57 Å². The van der Waals surface area contributed by atoms with Crippen LogP contribution in [0.5, 0.6) is 0 Å². The molecule has 0 radical (unpaired) electrons. The summed E-state index contributed by atoms with van der Waals surface area (Å²) in [5, 5.41) is 3.59. The minimum absolute atomic E-state index is 0.654. The number of aromatic nitrogens is 5. The van der Waals surface area contributed by atoms with Gasteiger partial charge in [-0.15, -0.1) is 11.3 Å². The molecule has 0 saturated carbocycles. The molecule has 0 aliphatic rings. The highest BCUT2D eigenvalue weighted by Crippen LogP contribution is 2.41. The predicted molar refractivity (Wildman–Crippen MR) is 156 cm³/mol. The molecule has 4 aromatic carbocycles. The van der Waals surface area contributed by atoms with Crippen molar-refractivity contribution in [3.63, 3.8) is 0 Å². The molecule has 6 heteroatoms. The second-order valence-electron chi connectivity index (χ2n) is 9.19. The Labute approximate surface area is 221 Å². The number of pyridine rings is 1. The second-order valence-corrected chi connectivity index (χ2v) is 10.2. The number of nitrogens with zero attached hydrogens (tertiary/aromatic N) is 5. The van der Waals surface area contributed by atoms with Crippen LogP contribution >= 0.6 is 11.3 Å². The van der Waals surface area contributed by atoms with Gasteiger partial charge in [-0.05, 0) is 36.4 Å². The van der Waals surface area contributed by atoms with E-state index in [4.69, 9.17) is 9.97 Å². The smallest absolute Gasteiger partial charge is 0.163 e. The Morgan fingerprint density at radius 3 is 2.08 bits per heavy atom. The molecule has 0 amide bonds. The Balaban J connectivity index is 1.32. The predicted octanol–water partition coefficient (Wildman–Crippen LogP) is 8.07. The topological polar surface area (TPSA) is 56.5 Å². The van der Waals surface area contributed by atoms with Crippen LogP contribution in [0.3, 0.4) is 0 Å². The molecular formula is C32H19N5S. The number of hydrogen-bond donors (Lipinski definition) is 0. The normalized spacial score (nSPS) is 11.7. The van der Waals surface area contributed by atoms with Gasteiger partial charge in [-0.2, -0.15) is 0 Å². The summed E-state index contributed by atoms with van der Waals surface area (Å²) in [6.45, 7) is 0. The first-order valence-corrected chi connectivity index (χ1v) is 13.2. The first-order chi connectivity index (χ1) is 18.8. The number of para-hydroxylation sites is 1. The molecule has 0 N–H and O–H groups in total. The molecule has 8 rings (SSSR count). The highest BCUT2D eigenvalue weighted by molar-refractivity contribution is 7.26. The fourth-order valence-corrected chi connectivity index (χ4v) is 6.46. The van der Waals surface area contributed by atoms with Gasteiger partial charge in [-0.1, -0.05) is 66.7 Å². The van der Waals surface area contributed by atoms with E-state index in [0.717, 1.165) is 38.8 Å². The Kier molecular flexibility index (Phi) is 4.62. The zero-order chi connectivity index (χ0) is 25.1. The fraction of sp³-hybridized carbons (Fsp3) is 0. The van der Waals surface area contributed by atoms with Crippen molar-refractivity contribution in [1.82, 2.24) is 24.5 Å². The molecule has 0 spiro atoms. The molecule has 0 aliphatic carbocycles. The SMILES string of the molecule is c1ccc(-c2ncnc(-c3ccc(-n4c5ccccc5c5ncc6c7ccccc7sc6c54)cc3)n2)cc1. The first-order valence-electron chi connectivity index (χ1n) is 12.4. The van der Waals surface area contributed by atoms with Gasteiger partial charge in [0.2, 0.25) is 0 Å². The summed E-state index contributed by atoms with van der Waals surface area (Å²) in [5.41, 5.74) is 6.29. The number of fused-ring (bicyclic) bond motifs is 7. The van der Waals surface area contributed by atoms with Crippen molar-refractivity contribution in [2.75, 3.05) is 0 Å². The lowest BCUT2D eigenvalue weighted by Crippen LogP contribution is -1.97. The molecule has 4 heterocycles. The van der Waals surface area contributed by atoms with Crippen LogP contribution in [0.4, 0.5) is 0 Å². The lowest BCUT2D eigenvalue weighted by molar-refractivity contribution is 1.06. The molecule has 0 atom stereocenters. The molecule has 0 fully saturated rings. The quantitative estimate of drug-likeness (QED) is 0.244. The lowest BCUT2D eigenvalue weighted by Gasteiger charge is -2.09. The first kappa shape index (κ1) is 21.2. The largest absolute Gasteiger partial charge is 0.306 e. The minimum atomic E-state index is 0.654. The summed E-state index contributed by atoms with van der Waals surface area (Å²) < 4.78 is 4.86. The zero-order valence-corrected chi connectivity index (χ0v) is 20.9. The third-order valence-corrected chi connectivity index (χ3v) is 8.20. The van der Waals surface area contributed by atoms with Crippen LogP contribution in [0.15, 0.2) is 116 Å². The number of thiophene rings is 1. The third kappa shape index (κ3) is 3.17. The second kappa shape index (κ2) is 8.30. The van der Waals surface area contributed by atoms with E-state index in [0.29, 0.717) is 11.6 Å². The molecular weight excluding hydrogens is 486 g/mol. The summed E-state index contributed by atoms with van der Waals surface area (Å²) in [5.74, 6) is 1.32. The van der Waals surface area contributed by atoms with Crippen LogP contribution in [0.25, 0.3) is 70.6 Å². The molecule has 0 saturated heterocycles. The summed E-state index contributed by atoms with van der Waals surface area (Å²) in [6, 6.07) is 35.5. The number of hydrogen-bond acceptors (Lipinski definition) is 5. The maximum absolute atomic E-state index is 4.97. The average molecular weight is 506 g/mol. The fourth-order valence-electron chi connectivity index (χ4n) is 5.25. The lowest BCUT2D eigenvalue weighted by atomic mass is 10.1. The maximum atomic E-state index is 4.97. The van der Waals surface area contributed by atoms with Crippen molar-refractivity contribution in [2.24, 2.45) is 0 Å². The highest BCUT2D eigenvalue weighted by atomic mass is 32.1. The van der Waals surface area contributed by atoms with E-state index < -0.39 is 0 Å². The highest BCUT2D eigenvalue weighted by Gasteiger charge is 2.18. The minimum Gasteiger partial charge on any atom is -0.306 e. The molecule has 4 aromatic heterocycles. The van der Waals surface area contributed by atoms with Crippen molar-refractivity contribution in [3.05, 3.63) is 116 Å². The standard InChI is InChI=1S/C32H19N5S/c1-2-8-20(9-3-1)31-34-19-35-32(36-31)21-14-16-22(17-15-21)37-26-12-6-4-11-24(26)28-29(37)30-25(18-33-28)23-10-5-7-13-27(23)38-30/h1-19H. The van der Waals surface area contributed by atoms with Crippen LogP contribution in [0.2, 0.25) is 0 Å². The number of rotatable bonds is 3. The molecule has 178 valence electrons. The molecule has 0 bridgehead atoms. The number of benzene rings is 4. The monoisotopic (exact) mass is 505 g/mol. The van der Waals surface area contributed by atoms with E-state index in [1.54, 1.807) is 6.33 Å². The summed E-state index contributed by atoms with van der Waals surface area (Å²) >= 11 is 1.83. The van der Waals surface area contributed by atoms with Gasteiger partial charge in [-0.25, -0.2) is 15.0 Å². The third-order valence-electron chi connectivity index (χ3n) is 7.01. The zero-order valence-electron chi connectivity index (χ0n) is 20.1. The Morgan fingerprint density at radius 1 is 0.579 bits per heavy atom. The van der Waals surface area contributed by atoms with Gasteiger partial charge in [0.05, 0.1) is 21.3 Å². The average Bonchev–Trinajstić information content (AvgIpc) is 3.54. The van der Waals surface area contributed by atoms with E-state index in [9.17, 15) is 0 Å². The van der Waals surface area contributed by atoms with Crippen LogP contribution in [0.1, 0.15) is 0 Å². The van der Waals surface area contributed by atoms with Crippen molar-refractivity contribution < 1.29 is 0 Å².